The lowest BCUT2D eigenvalue weighted by Gasteiger charge is -2.49. The molecule has 54 heavy (non-hydrogen) atoms. The van der Waals surface area contributed by atoms with Crippen LogP contribution in [0, 0.1) is 11.7 Å². The van der Waals surface area contributed by atoms with Crippen LogP contribution in [0.2, 0.25) is 0 Å². The van der Waals surface area contributed by atoms with Gasteiger partial charge in [0, 0.05) is 62.9 Å². The molecule has 0 bridgehead atoms. The van der Waals surface area contributed by atoms with Crippen LogP contribution in [0.1, 0.15) is 76.5 Å². The third-order valence-electron chi connectivity index (χ3n) is 10.8. The van der Waals surface area contributed by atoms with Crippen molar-refractivity contribution < 1.29 is 37.7 Å². The second-order valence-corrected chi connectivity index (χ2v) is 16.5. The van der Waals surface area contributed by atoms with Crippen molar-refractivity contribution in [2.75, 3.05) is 70.7 Å². The van der Waals surface area contributed by atoms with Crippen molar-refractivity contribution in [2.24, 2.45) is 5.92 Å². The molecule has 2 aromatic rings. The number of aromatic nitrogens is 1. The number of piperazine rings is 1. The number of anilines is 1. The molecule has 3 fully saturated rings. The molecule has 14 heteroatoms. The summed E-state index contributed by atoms with van der Waals surface area (Å²) >= 11 is 0. The summed E-state index contributed by atoms with van der Waals surface area (Å²) in [6.07, 6.45) is 0.813. The van der Waals surface area contributed by atoms with Gasteiger partial charge in [0.1, 0.15) is 29.4 Å². The van der Waals surface area contributed by atoms with Crippen LogP contribution in [0.15, 0.2) is 30.3 Å². The van der Waals surface area contributed by atoms with Gasteiger partial charge in [0.25, 0.3) is 5.91 Å². The largest absolute Gasteiger partial charge is 0.474 e. The molecule has 6 atom stereocenters. The van der Waals surface area contributed by atoms with Gasteiger partial charge in [0.05, 0.1) is 32.4 Å². The van der Waals surface area contributed by atoms with Gasteiger partial charge in [-0.25, -0.2) is 14.2 Å². The number of hydrogen-bond acceptors (Lipinski definition) is 10. The molecule has 5 heterocycles. The Bertz CT molecular complexity index is 1640. The lowest BCUT2D eigenvalue weighted by molar-refractivity contribution is -0.123. The summed E-state index contributed by atoms with van der Waals surface area (Å²) in [4.78, 5) is 54.5. The molecule has 0 aliphatic carbocycles. The fourth-order valence-electron chi connectivity index (χ4n) is 7.85. The van der Waals surface area contributed by atoms with E-state index in [1.807, 2.05) is 40.7 Å². The maximum atomic E-state index is 14.6. The first-order chi connectivity index (χ1) is 25.7. The minimum atomic E-state index is -0.637. The van der Waals surface area contributed by atoms with Gasteiger partial charge in [-0.15, -0.1) is 0 Å². The van der Waals surface area contributed by atoms with Gasteiger partial charge in [0.2, 0.25) is 11.8 Å². The summed E-state index contributed by atoms with van der Waals surface area (Å²) in [5.74, 6) is -0.381. The number of rotatable bonds is 9. The number of nitrogens with one attached hydrogen (secondary N) is 1. The van der Waals surface area contributed by atoms with E-state index in [2.05, 4.69) is 29.0 Å². The summed E-state index contributed by atoms with van der Waals surface area (Å²) in [6.45, 7) is 18.6. The number of carbonyl (C=O) groups is 3. The third-order valence-corrected chi connectivity index (χ3v) is 10.8. The highest BCUT2D eigenvalue weighted by Crippen LogP contribution is 2.36. The van der Waals surface area contributed by atoms with E-state index < -0.39 is 5.60 Å². The predicted octanol–water partition coefficient (Wildman–Crippen LogP) is 4.11. The SMILES string of the molecule is C[C@@H]1CN(CC(=O)N2c3cc(Cc4ccc(F)cc4)c(C(=O)NC[C@@H]4CCOC4)nc3OC[C@@H]2C)[C@@H](CN2[C@H](C)COC[C@H]2C)CN1C(=O)OC(C)(C)C. The van der Waals surface area contributed by atoms with Crippen molar-refractivity contribution in [3.63, 3.8) is 0 Å². The molecule has 4 aliphatic rings. The molecular formula is C40H57FN6O7. The number of amides is 3. The molecule has 6 rings (SSSR count). The van der Waals surface area contributed by atoms with Gasteiger partial charge >= 0.3 is 6.09 Å². The van der Waals surface area contributed by atoms with Crippen LogP contribution >= 0.6 is 0 Å². The molecule has 1 N–H and O–H groups in total. The fraction of sp³-hybridized carbons (Fsp3) is 0.650. The average Bonchev–Trinajstić information content (AvgIpc) is 3.63. The zero-order chi connectivity index (χ0) is 38.7. The van der Waals surface area contributed by atoms with Crippen molar-refractivity contribution in [3.05, 3.63) is 53.0 Å². The molecular weight excluding hydrogens is 695 g/mol. The zero-order valence-corrected chi connectivity index (χ0v) is 32.8. The molecule has 1 aromatic carbocycles. The molecule has 0 radical (unpaired) electrons. The molecule has 0 unspecified atom stereocenters. The summed E-state index contributed by atoms with van der Waals surface area (Å²) in [5.41, 5.74) is 1.46. The van der Waals surface area contributed by atoms with E-state index in [0.29, 0.717) is 70.3 Å². The second kappa shape index (κ2) is 16.9. The number of fused-ring (bicyclic) bond motifs is 1. The van der Waals surface area contributed by atoms with Crippen molar-refractivity contribution in [2.45, 2.75) is 97.1 Å². The average molecular weight is 753 g/mol. The van der Waals surface area contributed by atoms with E-state index >= 15 is 0 Å². The van der Waals surface area contributed by atoms with Gasteiger partial charge in [0.15, 0.2) is 0 Å². The van der Waals surface area contributed by atoms with Gasteiger partial charge in [-0.05, 0) is 90.6 Å². The predicted molar refractivity (Wildman–Crippen MR) is 201 cm³/mol. The highest BCUT2D eigenvalue weighted by Gasteiger charge is 2.41. The van der Waals surface area contributed by atoms with Crippen molar-refractivity contribution in [3.8, 4) is 5.88 Å². The quantitative estimate of drug-likeness (QED) is 0.400. The van der Waals surface area contributed by atoms with Crippen molar-refractivity contribution >= 4 is 23.6 Å². The lowest BCUT2D eigenvalue weighted by Crippen LogP contribution is -2.65. The smallest absolute Gasteiger partial charge is 0.410 e. The molecule has 0 spiro atoms. The number of ether oxygens (including phenoxy) is 4. The summed E-state index contributed by atoms with van der Waals surface area (Å²) in [5, 5.41) is 3.02. The first kappa shape index (κ1) is 39.8. The Hall–Kier alpha value is -3.85. The monoisotopic (exact) mass is 752 g/mol. The molecule has 3 amide bonds. The van der Waals surface area contributed by atoms with E-state index in [9.17, 15) is 18.8 Å². The molecule has 13 nitrogen and oxygen atoms in total. The van der Waals surface area contributed by atoms with E-state index in [-0.39, 0.29) is 84.6 Å². The molecule has 3 saturated heterocycles. The number of benzene rings is 1. The fourth-order valence-corrected chi connectivity index (χ4v) is 7.85. The van der Waals surface area contributed by atoms with Gasteiger partial charge in [-0.2, -0.15) is 0 Å². The summed E-state index contributed by atoms with van der Waals surface area (Å²) in [6, 6.07) is 7.66. The zero-order valence-electron chi connectivity index (χ0n) is 32.8. The van der Waals surface area contributed by atoms with Crippen molar-refractivity contribution in [1.29, 1.82) is 0 Å². The maximum absolute atomic E-state index is 14.6. The van der Waals surface area contributed by atoms with E-state index in [4.69, 9.17) is 23.9 Å². The third kappa shape index (κ3) is 9.50. The van der Waals surface area contributed by atoms with E-state index in [0.717, 1.165) is 12.0 Å². The van der Waals surface area contributed by atoms with Crippen LogP contribution in [0.3, 0.4) is 0 Å². The maximum Gasteiger partial charge on any atom is 0.410 e. The number of pyridine rings is 1. The summed E-state index contributed by atoms with van der Waals surface area (Å²) < 4.78 is 37.0. The van der Waals surface area contributed by atoms with Crippen LogP contribution in [-0.4, -0.2) is 139 Å². The van der Waals surface area contributed by atoms with E-state index in [1.165, 1.54) is 12.1 Å². The number of nitrogens with zero attached hydrogens (tertiary/aromatic N) is 5. The topological polar surface area (TPSA) is 126 Å². The number of halogens is 1. The van der Waals surface area contributed by atoms with Crippen LogP contribution < -0.4 is 15.0 Å². The Kier molecular flexibility index (Phi) is 12.5. The summed E-state index contributed by atoms with van der Waals surface area (Å²) in [7, 11) is 0. The number of morpholine rings is 1. The Balaban J connectivity index is 1.28. The highest BCUT2D eigenvalue weighted by molar-refractivity contribution is 5.99. The van der Waals surface area contributed by atoms with Crippen molar-refractivity contribution in [1.82, 2.24) is 25.0 Å². The van der Waals surface area contributed by atoms with Gasteiger partial charge < -0.3 is 34.1 Å². The van der Waals surface area contributed by atoms with Crippen LogP contribution in [-0.2, 0) is 25.4 Å². The van der Waals surface area contributed by atoms with E-state index in [1.54, 1.807) is 21.9 Å². The molecule has 0 saturated carbocycles. The number of hydrogen-bond donors (Lipinski definition) is 1. The van der Waals surface area contributed by atoms with Crippen LogP contribution in [0.5, 0.6) is 5.88 Å². The first-order valence-electron chi connectivity index (χ1n) is 19.3. The standard InChI is InChI=1S/C40H57FN6O7/c1-25-17-44(33(18-45-26(2)21-52-22-27(45)3)19-46(25)39(50)54-40(5,6)7)20-35(48)47-28(4)23-53-38-34(47)15-31(14-29-8-10-32(41)11-9-29)36(43-38)37(49)42-16-30-12-13-51-24-30/h8-11,15,25-28,30,33H,12-14,16-24H2,1-7H3,(H,42,49)/t25-,26-,27-,28+,30+,33+/m1/s1. The molecule has 4 aliphatic heterocycles. The highest BCUT2D eigenvalue weighted by atomic mass is 19.1. The molecule has 296 valence electrons. The minimum Gasteiger partial charge on any atom is -0.474 e. The first-order valence-corrected chi connectivity index (χ1v) is 19.3. The Labute approximate surface area is 318 Å². The van der Waals surface area contributed by atoms with Gasteiger partial charge in [-0.3, -0.25) is 19.4 Å². The Morgan fingerprint density at radius 3 is 2.33 bits per heavy atom. The van der Waals surface area contributed by atoms with Crippen LogP contribution in [0.4, 0.5) is 14.9 Å². The Morgan fingerprint density at radius 1 is 0.944 bits per heavy atom. The number of carbonyl (C=O) groups excluding carboxylic acids is 3. The van der Waals surface area contributed by atoms with Crippen LogP contribution in [0.25, 0.3) is 0 Å². The lowest BCUT2D eigenvalue weighted by atomic mass is 10.0. The van der Waals surface area contributed by atoms with Gasteiger partial charge in [-0.1, -0.05) is 12.1 Å². The Morgan fingerprint density at radius 2 is 1.67 bits per heavy atom. The molecule has 1 aromatic heterocycles. The normalized spacial score (nSPS) is 26.6. The second-order valence-electron chi connectivity index (χ2n) is 16.5. The minimum absolute atomic E-state index is 0.104.